The number of carbonyl (C=O) groups excluding carboxylic acids is 1. The van der Waals surface area contributed by atoms with Crippen LogP contribution in [0.4, 0.5) is 0 Å². The third kappa shape index (κ3) is 2.34. The van der Waals surface area contributed by atoms with Crippen molar-refractivity contribution >= 4 is 27.5 Å². The molecule has 25 heavy (non-hydrogen) atoms. The molecule has 1 aliphatic heterocycles. The van der Waals surface area contributed by atoms with Crippen molar-refractivity contribution in [1.29, 1.82) is 0 Å². The average Bonchev–Trinajstić information content (AvgIpc) is 3.19. The highest BCUT2D eigenvalue weighted by Crippen LogP contribution is 2.42. The smallest absolute Gasteiger partial charge is 0.305 e. The molecule has 0 radical (unpaired) electrons. The van der Waals surface area contributed by atoms with Crippen LogP contribution in [0.1, 0.15) is 40.2 Å². The van der Waals surface area contributed by atoms with Gasteiger partial charge in [0.25, 0.3) is 5.91 Å². The van der Waals surface area contributed by atoms with E-state index in [0.29, 0.717) is 11.5 Å². The number of nitrogens with zero attached hydrogens (tertiary/aromatic N) is 1. The second-order valence-corrected chi connectivity index (χ2v) is 7.96. The monoisotopic (exact) mass is 350 g/mol. The van der Waals surface area contributed by atoms with E-state index in [1.54, 1.807) is 0 Å². The summed E-state index contributed by atoms with van der Waals surface area (Å²) >= 11 is 1.16. The van der Waals surface area contributed by atoms with Gasteiger partial charge in [0.05, 0.1) is 10.2 Å². The lowest BCUT2D eigenvalue weighted by molar-refractivity contribution is 0.0595. The highest BCUT2D eigenvalue weighted by molar-refractivity contribution is 7.16. The number of nitrogens with one attached hydrogen (secondary N) is 1. The maximum Gasteiger partial charge on any atom is 0.305 e. The number of amides is 1. The fourth-order valence-electron chi connectivity index (χ4n) is 4.48. The zero-order chi connectivity index (χ0) is 17.0. The maximum atomic E-state index is 13.2. The highest BCUT2D eigenvalue weighted by atomic mass is 32.1. The van der Waals surface area contributed by atoms with E-state index in [4.69, 9.17) is 0 Å². The molecule has 2 aromatic carbocycles. The van der Waals surface area contributed by atoms with Gasteiger partial charge in [0, 0.05) is 24.1 Å². The molecule has 1 N–H and O–H groups in total. The predicted octanol–water partition coefficient (Wildman–Crippen LogP) is 3.53. The Kier molecular flexibility index (Phi) is 3.31. The van der Waals surface area contributed by atoms with E-state index in [1.165, 1.54) is 11.1 Å². The molecule has 1 amide bonds. The molecule has 0 bridgehead atoms. The first-order valence-corrected chi connectivity index (χ1v) is 9.54. The summed E-state index contributed by atoms with van der Waals surface area (Å²) < 4.78 is 0.846. The molecule has 4 nitrogen and oxygen atoms in total. The van der Waals surface area contributed by atoms with Crippen LogP contribution in [0.15, 0.2) is 47.3 Å². The molecule has 2 heterocycles. The number of fused-ring (bicyclic) bond motifs is 4. The number of hydrogen-bond acceptors (Lipinski definition) is 3. The van der Waals surface area contributed by atoms with Gasteiger partial charge in [-0.2, -0.15) is 0 Å². The van der Waals surface area contributed by atoms with Crippen LogP contribution in [0.25, 0.3) is 10.2 Å². The van der Waals surface area contributed by atoms with Crippen LogP contribution >= 0.6 is 11.3 Å². The zero-order valence-electron chi connectivity index (χ0n) is 13.7. The third-order valence-electron chi connectivity index (χ3n) is 5.59. The van der Waals surface area contributed by atoms with Gasteiger partial charge in [0.2, 0.25) is 0 Å². The van der Waals surface area contributed by atoms with Gasteiger partial charge in [-0.15, -0.1) is 0 Å². The van der Waals surface area contributed by atoms with Crippen LogP contribution < -0.4 is 4.87 Å². The summed E-state index contributed by atoms with van der Waals surface area (Å²) in [5.74, 6) is 0.547. The van der Waals surface area contributed by atoms with E-state index in [2.05, 4.69) is 34.1 Å². The van der Waals surface area contributed by atoms with E-state index >= 15 is 0 Å². The molecular formula is C20H18N2O2S. The normalized spacial score (nSPS) is 22.0. The highest BCUT2D eigenvalue weighted by Gasteiger charge is 2.40. The Balaban J connectivity index is 1.49. The molecule has 1 saturated heterocycles. The first kappa shape index (κ1) is 14.9. The summed E-state index contributed by atoms with van der Waals surface area (Å²) in [5, 5.41) is 0. The van der Waals surface area contributed by atoms with Crippen LogP contribution in [-0.4, -0.2) is 28.4 Å². The molecular weight excluding hydrogens is 332 g/mol. The van der Waals surface area contributed by atoms with Crippen LogP contribution in [0.5, 0.6) is 0 Å². The fraction of sp³-hybridized carbons (Fsp3) is 0.300. The summed E-state index contributed by atoms with van der Waals surface area (Å²) in [6.45, 7) is 0.815. The lowest BCUT2D eigenvalue weighted by atomic mass is 9.88. The third-order valence-corrected chi connectivity index (χ3v) is 6.44. The molecule has 1 aromatic heterocycles. The van der Waals surface area contributed by atoms with Gasteiger partial charge < -0.3 is 9.88 Å². The van der Waals surface area contributed by atoms with Crippen molar-refractivity contribution in [3.8, 4) is 0 Å². The van der Waals surface area contributed by atoms with Gasteiger partial charge >= 0.3 is 4.87 Å². The van der Waals surface area contributed by atoms with Gasteiger partial charge in [-0.25, -0.2) is 0 Å². The van der Waals surface area contributed by atoms with Gasteiger partial charge in [0.15, 0.2) is 0 Å². The van der Waals surface area contributed by atoms with Gasteiger partial charge in [0.1, 0.15) is 0 Å². The van der Waals surface area contributed by atoms with Crippen molar-refractivity contribution in [3.63, 3.8) is 0 Å². The quantitative estimate of drug-likeness (QED) is 0.730. The Labute approximate surface area is 149 Å². The second kappa shape index (κ2) is 5.56. The zero-order valence-corrected chi connectivity index (χ0v) is 14.5. The number of aromatic nitrogens is 1. The summed E-state index contributed by atoms with van der Waals surface area (Å²) in [4.78, 5) is 29.5. The number of thiazole rings is 1. The Morgan fingerprint density at radius 3 is 3.00 bits per heavy atom. The molecule has 0 unspecified atom stereocenters. The largest absolute Gasteiger partial charge is 0.335 e. The van der Waals surface area contributed by atoms with E-state index < -0.39 is 0 Å². The van der Waals surface area contributed by atoms with Gasteiger partial charge in [-0.3, -0.25) is 9.59 Å². The van der Waals surface area contributed by atoms with Crippen molar-refractivity contribution in [1.82, 2.24) is 9.88 Å². The van der Waals surface area contributed by atoms with Crippen molar-refractivity contribution < 1.29 is 4.79 Å². The number of piperidine rings is 1. The summed E-state index contributed by atoms with van der Waals surface area (Å²) in [6, 6.07) is 14.4. The standard InChI is InChI=1S/C20H18N2O2S/c23-19(13-7-8-16-18(11-13)25-20(24)21-16)22-9-3-6-15-14-5-2-1-4-12(14)10-17(15)22/h1-2,4-5,7-8,11,15,17H,3,6,9-10H2,(H,21,24)/t15-,17+/m1/s1. The molecule has 0 spiro atoms. The fourth-order valence-corrected chi connectivity index (χ4v) is 5.25. The number of rotatable bonds is 1. The number of hydrogen-bond donors (Lipinski definition) is 1. The SMILES string of the molecule is O=C(c1ccc2[nH]c(=O)sc2c1)N1CCC[C@@H]2c3ccccc3C[C@@H]21. The number of likely N-dealkylation sites (tertiary alicyclic amines) is 1. The maximum absolute atomic E-state index is 13.2. The Hall–Kier alpha value is -2.40. The minimum absolute atomic E-state index is 0.0797. The molecule has 1 aliphatic carbocycles. The van der Waals surface area contributed by atoms with Crippen molar-refractivity contribution in [2.45, 2.75) is 31.2 Å². The Morgan fingerprint density at radius 1 is 1.20 bits per heavy atom. The lowest BCUT2D eigenvalue weighted by Gasteiger charge is -2.38. The van der Waals surface area contributed by atoms with E-state index in [0.717, 1.165) is 47.4 Å². The summed E-state index contributed by atoms with van der Waals surface area (Å²) in [5.41, 5.74) is 4.29. The van der Waals surface area contributed by atoms with Crippen LogP contribution in [-0.2, 0) is 6.42 Å². The Bertz CT molecular complexity index is 1040. The summed E-state index contributed by atoms with van der Waals surface area (Å²) in [7, 11) is 0. The van der Waals surface area contributed by atoms with Gasteiger partial charge in [-0.05, 0) is 48.6 Å². The molecule has 2 aliphatic rings. The molecule has 126 valence electrons. The van der Waals surface area contributed by atoms with Crippen LogP contribution in [0.3, 0.4) is 0 Å². The van der Waals surface area contributed by atoms with Crippen molar-refractivity contribution in [3.05, 3.63) is 68.8 Å². The predicted molar refractivity (Wildman–Crippen MR) is 99.4 cm³/mol. The molecule has 2 atom stereocenters. The Morgan fingerprint density at radius 2 is 2.08 bits per heavy atom. The molecule has 3 aromatic rings. The number of H-pyrrole nitrogens is 1. The van der Waals surface area contributed by atoms with Crippen LogP contribution in [0.2, 0.25) is 0 Å². The first-order chi connectivity index (χ1) is 12.2. The van der Waals surface area contributed by atoms with Gasteiger partial charge in [-0.1, -0.05) is 35.6 Å². The first-order valence-electron chi connectivity index (χ1n) is 8.72. The summed E-state index contributed by atoms with van der Waals surface area (Å²) in [6.07, 6.45) is 3.15. The molecule has 5 rings (SSSR count). The van der Waals surface area contributed by atoms with Crippen molar-refractivity contribution in [2.24, 2.45) is 0 Å². The van der Waals surface area contributed by atoms with Crippen LogP contribution in [0, 0.1) is 0 Å². The molecule has 5 heteroatoms. The van der Waals surface area contributed by atoms with Crippen molar-refractivity contribution in [2.75, 3.05) is 6.54 Å². The number of benzene rings is 2. The minimum atomic E-state index is -0.0797. The van der Waals surface area contributed by atoms with E-state index in [9.17, 15) is 9.59 Å². The minimum Gasteiger partial charge on any atom is -0.335 e. The molecule has 1 fully saturated rings. The average molecular weight is 350 g/mol. The second-order valence-electron chi connectivity index (χ2n) is 6.94. The molecule has 0 saturated carbocycles. The number of carbonyl (C=O) groups is 1. The topological polar surface area (TPSA) is 53.2 Å². The number of aromatic amines is 1. The van der Waals surface area contributed by atoms with E-state index in [-0.39, 0.29) is 16.8 Å². The van der Waals surface area contributed by atoms with E-state index in [1.807, 2.05) is 18.2 Å². The lowest BCUT2D eigenvalue weighted by Crippen LogP contribution is -2.46.